The highest BCUT2D eigenvalue weighted by Gasteiger charge is 2.06. The molecule has 3 N–H and O–H groups in total. The van der Waals surface area contributed by atoms with Gasteiger partial charge in [0, 0.05) is 12.1 Å². The maximum Gasteiger partial charge on any atom is 0.269 e. The van der Waals surface area contributed by atoms with E-state index in [0.29, 0.717) is 17.2 Å². The van der Waals surface area contributed by atoms with Gasteiger partial charge in [0.2, 0.25) is 0 Å². The van der Waals surface area contributed by atoms with Crippen LogP contribution < -0.4 is 16.2 Å². The lowest BCUT2D eigenvalue weighted by Gasteiger charge is -2.10. The summed E-state index contributed by atoms with van der Waals surface area (Å²) in [5.74, 6) is -0.305. The standard InChI is InChI=1S/C12H13N7OS/c1-2-7-13-12(21)16-15-11(20)9-3-5-10(6-4-9)19-8-14-17-18-19/h2-6,8H,1,7H2,(H,15,20)(H2,13,16,21). The Morgan fingerprint density at radius 1 is 1.33 bits per heavy atom. The number of hydrogen-bond donors (Lipinski definition) is 3. The molecule has 21 heavy (non-hydrogen) atoms. The molecule has 1 aromatic heterocycles. The Labute approximate surface area is 126 Å². The zero-order chi connectivity index (χ0) is 15.1. The quantitative estimate of drug-likeness (QED) is 0.414. The summed E-state index contributed by atoms with van der Waals surface area (Å²) in [7, 11) is 0. The number of hydrogen-bond acceptors (Lipinski definition) is 5. The molecule has 0 saturated carbocycles. The molecule has 108 valence electrons. The first-order valence-corrected chi connectivity index (χ1v) is 6.40. The van der Waals surface area contributed by atoms with Crippen LogP contribution in [0.15, 0.2) is 43.2 Å². The number of tetrazole rings is 1. The van der Waals surface area contributed by atoms with E-state index < -0.39 is 0 Å². The molecule has 1 heterocycles. The zero-order valence-corrected chi connectivity index (χ0v) is 11.8. The monoisotopic (exact) mass is 303 g/mol. The Hall–Kier alpha value is -2.81. The van der Waals surface area contributed by atoms with Crippen LogP contribution in [0.3, 0.4) is 0 Å². The van der Waals surface area contributed by atoms with Gasteiger partial charge in [0.25, 0.3) is 5.91 Å². The van der Waals surface area contributed by atoms with Crippen molar-refractivity contribution in [3.8, 4) is 5.69 Å². The molecule has 0 atom stereocenters. The molecule has 2 aromatic rings. The Kier molecular flexibility index (Phi) is 4.94. The van der Waals surface area contributed by atoms with Gasteiger partial charge in [0.15, 0.2) is 5.11 Å². The molecule has 1 aromatic carbocycles. The number of carbonyl (C=O) groups excluding carboxylic acids is 1. The minimum atomic E-state index is -0.305. The summed E-state index contributed by atoms with van der Waals surface area (Å²) in [6.07, 6.45) is 3.13. The van der Waals surface area contributed by atoms with Gasteiger partial charge in [-0.25, -0.2) is 4.68 Å². The van der Waals surface area contributed by atoms with Crippen LogP contribution in [0.5, 0.6) is 0 Å². The van der Waals surface area contributed by atoms with Gasteiger partial charge in [0.1, 0.15) is 6.33 Å². The van der Waals surface area contributed by atoms with Gasteiger partial charge in [0.05, 0.1) is 5.69 Å². The van der Waals surface area contributed by atoms with Crippen molar-refractivity contribution >= 4 is 23.2 Å². The van der Waals surface area contributed by atoms with Crippen LogP contribution in [0.2, 0.25) is 0 Å². The van der Waals surface area contributed by atoms with Gasteiger partial charge in [-0.1, -0.05) is 6.08 Å². The Morgan fingerprint density at radius 3 is 2.71 bits per heavy atom. The van der Waals surface area contributed by atoms with E-state index in [0.717, 1.165) is 5.69 Å². The van der Waals surface area contributed by atoms with Crippen LogP contribution in [-0.2, 0) is 0 Å². The van der Waals surface area contributed by atoms with Gasteiger partial charge in [-0.3, -0.25) is 15.6 Å². The molecule has 0 fully saturated rings. The smallest absolute Gasteiger partial charge is 0.269 e. The summed E-state index contributed by atoms with van der Waals surface area (Å²) < 4.78 is 1.49. The van der Waals surface area contributed by atoms with E-state index in [-0.39, 0.29) is 5.91 Å². The van der Waals surface area contributed by atoms with Crippen LogP contribution in [-0.4, -0.2) is 37.8 Å². The number of carbonyl (C=O) groups is 1. The molecule has 2 rings (SSSR count). The minimum absolute atomic E-state index is 0.305. The molecule has 1 amide bonds. The predicted octanol–water partition coefficient (Wildman–Crippen LogP) is -0.0428. The molecule has 0 aliphatic heterocycles. The first-order chi connectivity index (χ1) is 10.2. The van der Waals surface area contributed by atoms with E-state index in [2.05, 4.69) is 38.3 Å². The molecule has 0 unspecified atom stereocenters. The molecule has 0 radical (unpaired) electrons. The highest BCUT2D eigenvalue weighted by atomic mass is 32.1. The average Bonchev–Trinajstić information content (AvgIpc) is 3.05. The molecule has 0 spiro atoms. The maximum atomic E-state index is 11.9. The third kappa shape index (κ3) is 4.08. The normalized spacial score (nSPS) is 9.71. The second-order valence-corrected chi connectivity index (χ2v) is 4.29. The number of rotatable bonds is 4. The van der Waals surface area contributed by atoms with E-state index in [9.17, 15) is 4.79 Å². The van der Waals surface area contributed by atoms with E-state index in [4.69, 9.17) is 12.2 Å². The second kappa shape index (κ2) is 7.10. The zero-order valence-electron chi connectivity index (χ0n) is 11.0. The van der Waals surface area contributed by atoms with Gasteiger partial charge in [-0.15, -0.1) is 11.7 Å². The largest absolute Gasteiger partial charge is 0.358 e. The molecular formula is C12H13N7OS. The topological polar surface area (TPSA) is 96.8 Å². The number of thiocarbonyl (C=S) groups is 1. The molecular weight excluding hydrogens is 290 g/mol. The summed E-state index contributed by atoms with van der Waals surface area (Å²) in [6.45, 7) is 4.07. The average molecular weight is 303 g/mol. The van der Waals surface area contributed by atoms with E-state index >= 15 is 0 Å². The summed E-state index contributed by atoms with van der Waals surface area (Å²) in [6, 6.07) is 6.79. The number of nitrogens with zero attached hydrogens (tertiary/aromatic N) is 4. The predicted molar refractivity (Wildman–Crippen MR) is 80.6 cm³/mol. The van der Waals surface area contributed by atoms with Crippen LogP contribution >= 0.6 is 12.2 Å². The molecule has 8 nitrogen and oxygen atoms in total. The van der Waals surface area contributed by atoms with Gasteiger partial charge in [-0.2, -0.15) is 0 Å². The summed E-state index contributed by atoms with van der Waals surface area (Å²) in [5, 5.41) is 14.0. The van der Waals surface area contributed by atoms with E-state index in [1.807, 2.05) is 0 Å². The van der Waals surface area contributed by atoms with Crippen LogP contribution in [0.1, 0.15) is 10.4 Å². The van der Waals surface area contributed by atoms with Crippen molar-refractivity contribution in [2.45, 2.75) is 0 Å². The minimum Gasteiger partial charge on any atom is -0.358 e. The van der Waals surface area contributed by atoms with Crippen molar-refractivity contribution in [1.82, 2.24) is 36.4 Å². The van der Waals surface area contributed by atoms with E-state index in [1.165, 1.54) is 11.0 Å². The van der Waals surface area contributed by atoms with Gasteiger partial charge >= 0.3 is 0 Å². The lowest BCUT2D eigenvalue weighted by molar-refractivity contribution is 0.0943. The molecule has 0 aliphatic carbocycles. The third-order valence-corrected chi connectivity index (χ3v) is 2.69. The van der Waals surface area contributed by atoms with Crippen molar-refractivity contribution in [3.05, 3.63) is 48.8 Å². The molecule has 0 aliphatic rings. The Bertz CT molecular complexity index is 624. The number of benzene rings is 1. The van der Waals surface area contributed by atoms with E-state index in [1.54, 1.807) is 30.3 Å². The van der Waals surface area contributed by atoms with Crippen LogP contribution in [0.25, 0.3) is 5.69 Å². The van der Waals surface area contributed by atoms with Crippen molar-refractivity contribution in [3.63, 3.8) is 0 Å². The lowest BCUT2D eigenvalue weighted by atomic mass is 10.2. The first-order valence-electron chi connectivity index (χ1n) is 5.99. The van der Waals surface area contributed by atoms with Crippen molar-refractivity contribution in [2.24, 2.45) is 0 Å². The summed E-state index contributed by atoms with van der Waals surface area (Å²) in [5.41, 5.74) is 6.32. The van der Waals surface area contributed by atoms with Gasteiger partial charge in [-0.05, 0) is 46.9 Å². The molecule has 0 saturated heterocycles. The maximum absolute atomic E-state index is 11.9. The second-order valence-electron chi connectivity index (χ2n) is 3.88. The third-order valence-electron chi connectivity index (χ3n) is 2.44. The highest BCUT2D eigenvalue weighted by molar-refractivity contribution is 7.80. The van der Waals surface area contributed by atoms with Crippen LogP contribution in [0, 0.1) is 0 Å². The Balaban J connectivity index is 1.91. The number of amides is 1. The van der Waals surface area contributed by atoms with Crippen LogP contribution in [0.4, 0.5) is 0 Å². The first kappa shape index (κ1) is 14.6. The number of nitrogens with one attached hydrogen (secondary N) is 3. The van der Waals surface area contributed by atoms with Crippen molar-refractivity contribution in [2.75, 3.05) is 6.54 Å². The number of hydrazine groups is 1. The van der Waals surface area contributed by atoms with Gasteiger partial charge < -0.3 is 5.32 Å². The fraction of sp³-hybridized carbons (Fsp3) is 0.0833. The highest BCUT2D eigenvalue weighted by Crippen LogP contribution is 2.07. The fourth-order valence-corrected chi connectivity index (χ4v) is 1.57. The van der Waals surface area contributed by atoms with Crippen molar-refractivity contribution in [1.29, 1.82) is 0 Å². The SMILES string of the molecule is C=CCNC(=S)NNC(=O)c1ccc(-n2cnnn2)cc1. The molecule has 0 bridgehead atoms. The number of aromatic nitrogens is 4. The summed E-state index contributed by atoms with van der Waals surface area (Å²) >= 11 is 4.95. The van der Waals surface area contributed by atoms with Crippen molar-refractivity contribution < 1.29 is 4.79 Å². The fourth-order valence-electron chi connectivity index (χ4n) is 1.44. The lowest BCUT2D eigenvalue weighted by Crippen LogP contribution is -2.46. The molecule has 9 heteroatoms. The Morgan fingerprint density at radius 2 is 2.10 bits per heavy atom. The summed E-state index contributed by atoms with van der Waals surface area (Å²) in [4.78, 5) is 11.9.